The van der Waals surface area contributed by atoms with E-state index in [0.717, 1.165) is 11.8 Å². The van der Waals surface area contributed by atoms with Gasteiger partial charge >= 0.3 is 0 Å². The van der Waals surface area contributed by atoms with Crippen molar-refractivity contribution in [3.8, 4) is 5.75 Å². The monoisotopic (exact) mass is 199 g/mol. The molecule has 0 N–H and O–H groups in total. The normalized spacial score (nSPS) is 10.7. The molecule has 0 heterocycles. The Bertz CT molecular complexity index is 460. The smallest absolute Gasteiger partial charge is 0.179 e. The Kier molecular flexibility index (Phi) is 2.91. The Labute approximate surface area is 90.4 Å². The summed E-state index contributed by atoms with van der Waals surface area (Å²) in [5.74, 6) is 0.0869. The maximum Gasteiger partial charge on any atom is 0.179 e. The first-order valence-electron chi connectivity index (χ1n) is 5.49. The Balaban J connectivity index is 2.34. The van der Waals surface area contributed by atoms with Crippen LogP contribution in [0.25, 0.3) is 10.8 Å². The summed E-state index contributed by atoms with van der Waals surface area (Å²) < 4.78 is 0. The first-order valence-corrected chi connectivity index (χ1v) is 5.49. The van der Waals surface area contributed by atoms with Gasteiger partial charge in [-0.15, -0.1) is 0 Å². The molecule has 2 aromatic rings. The zero-order valence-corrected chi connectivity index (χ0v) is 8.99. The molecule has 0 bridgehead atoms. The highest BCUT2D eigenvalue weighted by molar-refractivity contribution is 5.84. The summed E-state index contributed by atoms with van der Waals surface area (Å²) >= 11 is 0. The first-order chi connectivity index (χ1) is 7.29. The van der Waals surface area contributed by atoms with Crippen molar-refractivity contribution in [2.24, 2.45) is 0 Å². The molecule has 0 saturated heterocycles. The second kappa shape index (κ2) is 4.35. The van der Waals surface area contributed by atoms with Crippen LogP contribution in [0, 0.1) is 0 Å². The van der Waals surface area contributed by atoms with E-state index in [1.165, 1.54) is 23.8 Å². The molecule has 0 atom stereocenters. The average Bonchev–Trinajstić information content (AvgIpc) is 2.26. The van der Waals surface area contributed by atoms with Crippen molar-refractivity contribution in [2.75, 3.05) is 0 Å². The van der Waals surface area contributed by atoms with Crippen LogP contribution in [0.1, 0.15) is 25.3 Å². The van der Waals surface area contributed by atoms with Gasteiger partial charge in [0, 0.05) is 0 Å². The minimum Gasteiger partial charge on any atom is -0.290 e. The molecule has 0 aromatic heterocycles. The highest BCUT2D eigenvalue weighted by Gasteiger charge is 1.98. The molecule has 2 rings (SSSR count). The maximum atomic E-state index is 11.1. The SMILES string of the molecule is CCCCc1ccc2cc([O])ccc2c1. The van der Waals surface area contributed by atoms with Crippen LogP contribution in [0.3, 0.4) is 0 Å². The number of hydrogen-bond donors (Lipinski definition) is 0. The van der Waals surface area contributed by atoms with Crippen molar-refractivity contribution in [3.05, 3.63) is 42.0 Å². The van der Waals surface area contributed by atoms with Gasteiger partial charge in [0.05, 0.1) is 0 Å². The van der Waals surface area contributed by atoms with Gasteiger partial charge in [-0.25, -0.2) is 0 Å². The molecular formula is C14H15O. The van der Waals surface area contributed by atoms with Crippen LogP contribution in [0.2, 0.25) is 0 Å². The molecule has 0 amide bonds. The first kappa shape index (κ1) is 10.0. The highest BCUT2D eigenvalue weighted by Crippen LogP contribution is 2.22. The summed E-state index contributed by atoms with van der Waals surface area (Å²) in [5, 5.41) is 13.4. The third-order valence-electron chi connectivity index (χ3n) is 2.70. The second-order valence-corrected chi connectivity index (χ2v) is 3.95. The van der Waals surface area contributed by atoms with Crippen LogP contribution in [-0.2, 0) is 11.5 Å². The van der Waals surface area contributed by atoms with Crippen LogP contribution >= 0.6 is 0 Å². The van der Waals surface area contributed by atoms with Gasteiger partial charge in [0.1, 0.15) is 0 Å². The number of fused-ring (bicyclic) bond motifs is 1. The molecule has 1 radical (unpaired) electrons. The van der Waals surface area contributed by atoms with E-state index in [1.807, 2.05) is 12.1 Å². The maximum absolute atomic E-state index is 11.1. The Morgan fingerprint density at radius 3 is 2.53 bits per heavy atom. The van der Waals surface area contributed by atoms with Crippen LogP contribution in [0.4, 0.5) is 0 Å². The zero-order chi connectivity index (χ0) is 10.7. The van der Waals surface area contributed by atoms with Crippen molar-refractivity contribution in [3.63, 3.8) is 0 Å². The van der Waals surface area contributed by atoms with Gasteiger partial charge in [0.15, 0.2) is 5.75 Å². The number of aryl methyl sites for hydroxylation is 1. The lowest BCUT2D eigenvalue weighted by Crippen LogP contribution is -1.84. The fraction of sp³-hybridized carbons (Fsp3) is 0.286. The third kappa shape index (κ3) is 2.30. The number of hydrogen-bond acceptors (Lipinski definition) is 0. The molecule has 0 aliphatic heterocycles. The van der Waals surface area contributed by atoms with E-state index in [1.54, 1.807) is 12.1 Å². The molecule has 0 spiro atoms. The largest absolute Gasteiger partial charge is 0.290 e. The topological polar surface area (TPSA) is 19.9 Å². The summed E-state index contributed by atoms with van der Waals surface area (Å²) in [6.07, 6.45) is 3.58. The van der Waals surface area contributed by atoms with E-state index in [2.05, 4.69) is 19.1 Å². The van der Waals surface area contributed by atoms with Gasteiger partial charge in [-0.05, 0) is 41.3 Å². The van der Waals surface area contributed by atoms with Crippen molar-refractivity contribution in [2.45, 2.75) is 26.2 Å². The molecule has 1 heteroatoms. The lowest BCUT2D eigenvalue weighted by molar-refractivity contribution is 0.355. The van der Waals surface area contributed by atoms with Crippen molar-refractivity contribution in [1.82, 2.24) is 0 Å². The van der Waals surface area contributed by atoms with E-state index in [4.69, 9.17) is 0 Å². The van der Waals surface area contributed by atoms with Crippen LogP contribution in [0.15, 0.2) is 36.4 Å². The van der Waals surface area contributed by atoms with Crippen molar-refractivity contribution >= 4 is 10.8 Å². The number of rotatable bonds is 3. The van der Waals surface area contributed by atoms with E-state index in [9.17, 15) is 5.11 Å². The Morgan fingerprint density at radius 1 is 1.00 bits per heavy atom. The summed E-state index contributed by atoms with van der Waals surface area (Å²) in [7, 11) is 0. The minimum absolute atomic E-state index is 0.0869. The lowest BCUT2D eigenvalue weighted by Gasteiger charge is -2.02. The van der Waals surface area contributed by atoms with E-state index in [0.29, 0.717) is 0 Å². The quantitative estimate of drug-likeness (QED) is 0.701. The summed E-state index contributed by atoms with van der Waals surface area (Å²) in [6, 6.07) is 11.6. The Hall–Kier alpha value is -1.50. The van der Waals surface area contributed by atoms with Gasteiger partial charge in [-0.1, -0.05) is 37.6 Å². The van der Waals surface area contributed by atoms with Gasteiger partial charge in [0.25, 0.3) is 0 Å². The fourth-order valence-electron chi connectivity index (χ4n) is 1.81. The molecule has 0 fully saturated rings. The second-order valence-electron chi connectivity index (χ2n) is 3.95. The van der Waals surface area contributed by atoms with Crippen molar-refractivity contribution in [1.29, 1.82) is 0 Å². The van der Waals surface area contributed by atoms with Gasteiger partial charge in [-0.2, -0.15) is 0 Å². The van der Waals surface area contributed by atoms with E-state index >= 15 is 0 Å². The standard InChI is InChI=1S/C14H15O/c1-2-3-4-11-5-6-13-10-14(15)8-7-12(13)9-11/h5-10H,2-4H2,1H3. The molecule has 2 aromatic carbocycles. The fourth-order valence-corrected chi connectivity index (χ4v) is 1.81. The van der Waals surface area contributed by atoms with Crippen LogP contribution in [-0.4, -0.2) is 0 Å². The lowest BCUT2D eigenvalue weighted by atomic mass is 10.0. The third-order valence-corrected chi connectivity index (χ3v) is 2.70. The highest BCUT2D eigenvalue weighted by atomic mass is 16.3. The van der Waals surface area contributed by atoms with Gasteiger partial charge in [-0.3, -0.25) is 5.11 Å². The molecular weight excluding hydrogens is 184 g/mol. The minimum atomic E-state index is 0.0869. The van der Waals surface area contributed by atoms with Crippen LogP contribution < -0.4 is 0 Å². The zero-order valence-electron chi connectivity index (χ0n) is 8.99. The number of unbranched alkanes of at least 4 members (excludes halogenated alkanes) is 1. The Morgan fingerprint density at radius 2 is 1.73 bits per heavy atom. The molecule has 0 aliphatic carbocycles. The molecule has 1 nitrogen and oxygen atoms in total. The summed E-state index contributed by atoms with van der Waals surface area (Å²) in [5.41, 5.74) is 1.36. The van der Waals surface area contributed by atoms with Crippen molar-refractivity contribution < 1.29 is 5.11 Å². The summed E-state index contributed by atoms with van der Waals surface area (Å²) in [6.45, 7) is 2.20. The summed E-state index contributed by atoms with van der Waals surface area (Å²) in [4.78, 5) is 0. The predicted octanol–water partition coefficient (Wildman–Crippen LogP) is 4.33. The van der Waals surface area contributed by atoms with E-state index in [-0.39, 0.29) is 5.75 Å². The van der Waals surface area contributed by atoms with Crippen LogP contribution in [0.5, 0.6) is 5.75 Å². The molecule has 0 unspecified atom stereocenters. The molecule has 77 valence electrons. The average molecular weight is 199 g/mol. The predicted molar refractivity (Wildman–Crippen MR) is 62.7 cm³/mol. The van der Waals surface area contributed by atoms with E-state index < -0.39 is 0 Å². The van der Waals surface area contributed by atoms with Gasteiger partial charge < -0.3 is 0 Å². The molecule has 0 aliphatic rings. The van der Waals surface area contributed by atoms with Gasteiger partial charge in [0.2, 0.25) is 0 Å². The molecule has 15 heavy (non-hydrogen) atoms. The number of benzene rings is 2. The molecule has 0 saturated carbocycles.